The van der Waals surface area contributed by atoms with Crippen molar-refractivity contribution >= 4 is 46.4 Å². The van der Waals surface area contributed by atoms with Crippen molar-refractivity contribution in [3.8, 4) is 11.1 Å². The lowest BCUT2D eigenvalue weighted by atomic mass is 10.0. The van der Waals surface area contributed by atoms with Crippen LogP contribution in [0.4, 0.5) is 13.2 Å². The van der Waals surface area contributed by atoms with Crippen molar-refractivity contribution in [3.05, 3.63) is 50.2 Å². The van der Waals surface area contributed by atoms with Crippen LogP contribution >= 0.6 is 46.4 Å². The second-order valence-corrected chi connectivity index (χ2v) is 5.37. The number of alkyl halides is 3. The summed E-state index contributed by atoms with van der Waals surface area (Å²) in [5.41, 5.74) is -1.31. The average Bonchev–Trinajstić information content (AvgIpc) is 2.34. The van der Waals surface area contributed by atoms with E-state index in [0.717, 1.165) is 6.20 Å². The third-order valence-corrected chi connectivity index (χ3v) is 3.95. The molecule has 0 N–H and O–H groups in total. The second kappa shape index (κ2) is 5.60. The van der Waals surface area contributed by atoms with Crippen molar-refractivity contribution in [3.63, 3.8) is 0 Å². The molecule has 1 heterocycles. The molecular formula is C12H4Cl4F3N. The summed E-state index contributed by atoms with van der Waals surface area (Å²) in [5, 5.41) is 0.0110. The van der Waals surface area contributed by atoms with Gasteiger partial charge >= 0.3 is 6.18 Å². The van der Waals surface area contributed by atoms with Gasteiger partial charge in [-0.1, -0.05) is 46.4 Å². The molecule has 0 spiro atoms. The average molecular weight is 361 g/mol. The van der Waals surface area contributed by atoms with Gasteiger partial charge in [0.2, 0.25) is 0 Å². The van der Waals surface area contributed by atoms with Gasteiger partial charge in [-0.15, -0.1) is 0 Å². The first-order chi connectivity index (χ1) is 9.21. The van der Waals surface area contributed by atoms with Crippen LogP contribution in [0.25, 0.3) is 11.1 Å². The zero-order chi connectivity index (χ0) is 15.1. The maximum Gasteiger partial charge on any atom is 0.434 e. The Hall–Kier alpha value is -0.680. The van der Waals surface area contributed by atoms with Crippen molar-refractivity contribution in [1.29, 1.82) is 0 Å². The number of halogens is 7. The molecule has 0 fully saturated rings. The van der Waals surface area contributed by atoms with Crippen LogP contribution in [0.3, 0.4) is 0 Å². The van der Waals surface area contributed by atoms with E-state index in [4.69, 9.17) is 46.4 Å². The minimum atomic E-state index is -4.65. The van der Waals surface area contributed by atoms with E-state index in [1.165, 1.54) is 18.2 Å². The number of hydrogen-bond acceptors (Lipinski definition) is 1. The van der Waals surface area contributed by atoms with Crippen molar-refractivity contribution in [2.75, 3.05) is 0 Å². The molecule has 0 aliphatic heterocycles. The molecule has 0 saturated carbocycles. The Kier molecular flexibility index (Phi) is 4.40. The lowest BCUT2D eigenvalue weighted by molar-refractivity contribution is -0.140. The van der Waals surface area contributed by atoms with E-state index in [2.05, 4.69) is 4.98 Å². The lowest BCUT2D eigenvalue weighted by Crippen LogP contribution is -2.10. The molecule has 0 unspecified atom stereocenters. The molecule has 1 aromatic heterocycles. The highest BCUT2D eigenvalue weighted by Crippen LogP contribution is 2.42. The first-order valence-corrected chi connectivity index (χ1v) is 6.59. The minimum Gasteiger partial charge on any atom is -0.251 e. The van der Waals surface area contributed by atoms with Crippen LogP contribution in [0.5, 0.6) is 0 Å². The summed E-state index contributed by atoms with van der Waals surface area (Å²) < 4.78 is 38.9. The summed E-state index contributed by atoms with van der Waals surface area (Å²) in [7, 11) is 0. The highest BCUT2D eigenvalue weighted by atomic mass is 35.5. The van der Waals surface area contributed by atoms with E-state index in [-0.39, 0.29) is 31.2 Å². The molecule has 0 atom stereocenters. The Bertz CT molecular complexity index is 647. The van der Waals surface area contributed by atoms with Gasteiger partial charge in [-0.25, -0.2) is 0 Å². The third-order valence-electron chi connectivity index (χ3n) is 2.44. The zero-order valence-electron chi connectivity index (χ0n) is 9.40. The van der Waals surface area contributed by atoms with Gasteiger partial charge in [0.25, 0.3) is 0 Å². The van der Waals surface area contributed by atoms with Gasteiger partial charge in [0.15, 0.2) is 5.69 Å². The quantitative estimate of drug-likeness (QED) is 0.537. The molecule has 0 radical (unpaired) electrons. The predicted molar refractivity (Wildman–Crippen MR) is 74.7 cm³/mol. The first kappa shape index (κ1) is 15.7. The normalized spacial score (nSPS) is 11.8. The maximum atomic E-state index is 13.0. The largest absolute Gasteiger partial charge is 0.434 e. The zero-order valence-corrected chi connectivity index (χ0v) is 12.4. The molecule has 106 valence electrons. The topological polar surface area (TPSA) is 12.9 Å². The van der Waals surface area contributed by atoms with Gasteiger partial charge in [-0.3, -0.25) is 4.98 Å². The van der Waals surface area contributed by atoms with E-state index < -0.39 is 11.9 Å². The summed E-state index contributed by atoms with van der Waals surface area (Å²) >= 11 is 23.3. The first-order valence-electron chi connectivity index (χ1n) is 5.08. The lowest BCUT2D eigenvalue weighted by Gasteiger charge is -2.14. The molecule has 0 aliphatic rings. The Morgan fingerprint density at radius 3 is 1.95 bits per heavy atom. The fourth-order valence-electron chi connectivity index (χ4n) is 1.63. The van der Waals surface area contributed by atoms with E-state index in [1.54, 1.807) is 0 Å². The molecule has 20 heavy (non-hydrogen) atoms. The van der Waals surface area contributed by atoms with Crippen LogP contribution in [-0.2, 0) is 6.18 Å². The Balaban J connectivity index is 2.76. The number of nitrogens with zero attached hydrogens (tertiary/aromatic N) is 1. The number of aromatic nitrogens is 1. The molecule has 0 bridgehead atoms. The van der Waals surface area contributed by atoms with Crippen molar-refractivity contribution in [2.45, 2.75) is 6.18 Å². The highest BCUT2D eigenvalue weighted by Gasteiger charge is 2.36. The molecule has 1 aromatic carbocycles. The van der Waals surface area contributed by atoms with Gasteiger partial charge in [0.1, 0.15) is 0 Å². The molecule has 1 nitrogen and oxygen atoms in total. The maximum absolute atomic E-state index is 13.0. The van der Waals surface area contributed by atoms with E-state index >= 15 is 0 Å². The summed E-state index contributed by atoms with van der Waals surface area (Å²) in [6.45, 7) is 0. The Morgan fingerprint density at radius 2 is 1.45 bits per heavy atom. The fourth-order valence-corrected chi connectivity index (χ4v) is 2.48. The summed E-state index contributed by atoms with van der Waals surface area (Å²) in [6, 6.07) is 3.77. The van der Waals surface area contributed by atoms with Crippen LogP contribution in [0, 0.1) is 0 Å². The van der Waals surface area contributed by atoms with Crippen LogP contribution < -0.4 is 0 Å². The van der Waals surface area contributed by atoms with Crippen molar-refractivity contribution in [2.24, 2.45) is 0 Å². The summed E-state index contributed by atoms with van der Waals surface area (Å²) in [6.07, 6.45) is -3.67. The monoisotopic (exact) mass is 359 g/mol. The summed E-state index contributed by atoms with van der Waals surface area (Å²) in [4.78, 5) is 3.34. The predicted octanol–water partition coefficient (Wildman–Crippen LogP) is 6.38. The Morgan fingerprint density at radius 1 is 0.900 bits per heavy atom. The number of pyridine rings is 1. The minimum absolute atomic E-state index is 0.0298. The third kappa shape index (κ3) is 2.98. The number of rotatable bonds is 1. The standard InChI is InChI=1S/C12H4Cl4F3N/c13-6-1-2-20-11(12(17,18)19)9(6)5-3-7(14)10(16)8(15)4-5/h1-4H. The molecular weight excluding hydrogens is 357 g/mol. The Labute approximate surface area is 132 Å². The van der Waals surface area contributed by atoms with Crippen LogP contribution in [0.15, 0.2) is 24.4 Å². The van der Waals surface area contributed by atoms with E-state index in [9.17, 15) is 13.2 Å². The number of benzene rings is 1. The summed E-state index contributed by atoms with van der Waals surface area (Å²) in [5.74, 6) is 0. The SMILES string of the molecule is FC(F)(F)c1nccc(Cl)c1-c1cc(Cl)c(Cl)c(Cl)c1. The fraction of sp³-hybridized carbons (Fsp3) is 0.0833. The van der Waals surface area contributed by atoms with E-state index in [0.29, 0.717) is 0 Å². The highest BCUT2D eigenvalue weighted by molar-refractivity contribution is 6.48. The van der Waals surface area contributed by atoms with Crippen LogP contribution in [-0.4, -0.2) is 4.98 Å². The smallest absolute Gasteiger partial charge is 0.251 e. The van der Waals surface area contributed by atoms with Gasteiger partial charge in [-0.2, -0.15) is 13.2 Å². The van der Waals surface area contributed by atoms with Gasteiger partial charge in [0, 0.05) is 11.8 Å². The van der Waals surface area contributed by atoms with Gasteiger partial charge in [0.05, 0.1) is 20.1 Å². The van der Waals surface area contributed by atoms with Crippen LogP contribution in [0.2, 0.25) is 20.1 Å². The second-order valence-electron chi connectivity index (χ2n) is 3.77. The van der Waals surface area contributed by atoms with E-state index in [1.807, 2.05) is 0 Å². The molecule has 0 saturated heterocycles. The molecule has 8 heteroatoms. The van der Waals surface area contributed by atoms with Gasteiger partial charge in [-0.05, 0) is 23.8 Å². The molecule has 0 aliphatic carbocycles. The van der Waals surface area contributed by atoms with Gasteiger partial charge < -0.3 is 0 Å². The molecule has 0 amide bonds. The molecule has 2 rings (SSSR count). The van der Waals surface area contributed by atoms with Crippen LogP contribution in [0.1, 0.15) is 5.69 Å². The van der Waals surface area contributed by atoms with Crippen molar-refractivity contribution < 1.29 is 13.2 Å². The van der Waals surface area contributed by atoms with Crippen molar-refractivity contribution in [1.82, 2.24) is 4.98 Å². The molecule has 2 aromatic rings. The number of hydrogen-bond donors (Lipinski definition) is 0.